The van der Waals surface area contributed by atoms with Gasteiger partial charge in [0.05, 0.1) is 0 Å². The summed E-state index contributed by atoms with van der Waals surface area (Å²) in [5, 5.41) is 9.46. The number of fused-ring (bicyclic) bond motifs is 1. The minimum absolute atomic E-state index is 0.179. The Kier molecular flexibility index (Phi) is 3.64. The van der Waals surface area contributed by atoms with Crippen LogP contribution in [0.2, 0.25) is 0 Å². The van der Waals surface area contributed by atoms with Crippen molar-refractivity contribution in [1.29, 1.82) is 0 Å². The molecule has 0 saturated heterocycles. The summed E-state index contributed by atoms with van der Waals surface area (Å²) in [6.45, 7) is 1.58. The van der Waals surface area contributed by atoms with Gasteiger partial charge in [-0.1, -0.05) is 36.4 Å². The van der Waals surface area contributed by atoms with Crippen LogP contribution in [0.15, 0.2) is 36.4 Å². The number of carbonyl (C=O) groups excluding carboxylic acids is 1. The van der Waals surface area contributed by atoms with Gasteiger partial charge in [-0.3, -0.25) is 0 Å². The molecule has 0 fully saturated rings. The molecule has 1 aromatic rings. The van der Waals surface area contributed by atoms with Gasteiger partial charge in [0.1, 0.15) is 6.04 Å². The highest BCUT2D eigenvalue weighted by atomic mass is 16.4. The Morgan fingerprint density at radius 3 is 2.57 bits per heavy atom. The molecule has 0 aromatic heterocycles. The van der Waals surface area contributed by atoms with E-state index in [1.807, 2.05) is 36.4 Å². The first-order valence-corrected chi connectivity index (χ1v) is 7.17. The maximum Gasteiger partial charge on any atom is 0.326 e. The fraction of sp³-hybridized carbons (Fsp3) is 0.375. The number of rotatable bonds is 1. The SMILES string of the molecule is O=C(O)[C@H]1Cc2ccccc2CN1C(=O)N1CC=CCC1. The maximum atomic E-state index is 12.6. The first-order chi connectivity index (χ1) is 10.2. The fourth-order valence-corrected chi connectivity index (χ4v) is 2.94. The zero-order chi connectivity index (χ0) is 14.8. The van der Waals surface area contributed by atoms with Crippen LogP contribution in [0.4, 0.5) is 4.79 Å². The topological polar surface area (TPSA) is 60.9 Å². The van der Waals surface area contributed by atoms with E-state index in [2.05, 4.69) is 0 Å². The van der Waals surface area contributed by atoms with Gasteiger partial charge >= 0.3 is 12.0 Å². The highest BCUT2D eigenvalue weighted by Gasteiger charge is 2.36. The monoisotopic (exact) mass is 286 g/mol. The molecule has 0 radical (unpaired) electrons. The third kappa shape index (κ3) is 2.63. The molecular formula is C16H18N2O3. The predicted octanol–water partition coefficient (Wildman–Crippen LogP) is 1.88. The van der Waals surface area contributed by atoms with Crippen LogP contribution in [-0.4, -0.2) is 46.0 Å². The van der Waals surface area contributed by atoms with E-state index in [9.17, 15) is 14.7 Å². The lowest BCUT2D eigenvalue weighted by Crippen LogP contribution is -2.53. The van der Waals surface area contributed by atoms with Crippen molar-refractivity contribution in [3.8, 4) is 0 Å². The Hall–Kier alpha value is -2.30. The van der Waals surface area contributed by atoms with E-state index in [0.717, 1.165) is 17.5 Å². The Labute approximate surface area is 123 Å². The minimum Gasteiger partial charge on any atom is -0.480 e. The molecule has 3 rings (SSSR count). The average molecular weight is 286 g/mol. The van der Waals surface area contributed by atoms with Crippen molar-refractivity contribution < 1.29 is 14.7 Å². The molecule has 2 amide bonds. The van der Waals surface area contributed by atoms with Gasteiger partial charge in [-0.05, 0) is 17.5 Å². The molecule has 1 atom stereocenters. The summed E-state index contributed by atoms with van der Waals surface area (Å²) in [6.07, 6.45) is 5.20. The first kappa shape index (κ1) is 13.7. The van der Waals surface area contributed by atoms with Gasteiger partial charge in [-0.25, -0.2) is 9.59 Å². The number of carboxylic acids is 1. The third-order valence-electron chi connectivity index (χ3n) is 4.11. The molecule has 0 aliphatic carbocycles. The van der Waals surface area contributed by atoms with Crippen LogP contribution in [0.1, 0.15) is 17.5 Å². The zero-order valence-electron chi connectivity index (χ0n) is 11.7. The quantitative estimate of drug-likeness (QED) is 0.802. The molecule has 0 saturated carbocycles. The van der Waals surface area contributed by atoms with Crippen LogP contribution in [0.25, 0.3) is 0 Å². The number of aliphatic carboxylic acids is 1. The van der Waals surface area contributed by atoms with Gasteiger partial charge in [0.25, 0.3) is 0 Å². The molecule has 1 N–H and O–H groups in total. The lowest BCUT2D eigenvalue weighted by molar-refractivity contribution is -0.142. The summed E-state index contributed by atoms with van der Waals surface area (Å²) >= 11 is 0. The Morgan fingerprint density at radius 2 is 1.90 bits per heavy atom. The number of carboxylic acid groups (broad SMARTS) is 1. The number of amides is 2. The molecule has 0 bridgehead atoms. The van der Waals surface area contributed by atoms with Crippen molar-refractivity contribution in [1.82, 2.24) is 9.80 Å². The lowest BCUT2D eigenvalue weighted by atomic mass is 9.94. The molecule has 110 valence electrons. The van der Waals surface area contributed by atoms with Crippen LogP contribution >= 0.6 is 0 Å². The van der Waals surface area contributed by atoms with Crippen molar-refractivity contribution in [2.45, 2.75) is 25.4 Å². The predicted molar refractivity (Wildman–Crippen MR) is 77.8 cm³/mol. The molecule has 2 heterocycles. The van der Waals surface area contributed by atoms with Gasteiger partial charge in [-0.2, -0.15) is 0 Å². The van der Waals surface area contributed by atoms with Crippen LogP contribution in [-0.2, 0) is 17.8 Å². The van der Waals surface area contributed by atoms with E-state index in [0.29, 0.717) is 26.1 Å². The molecule has 1 aromatic carbocycles. The van der Waals surface area contributed by atoms with Crippen molar-refractivity contribution in [3.05, 3.63) is 47.5 Å². The van der Waals surface area contributed by atoms with Crippen LogP contribution in [0.3, 0.4) is 0 Å². The van der Waals surface area contributed by atoms with Gasteiger partial charge in [-0.15, -0.1) is 0 Å². The van der Waals surface area contributed by atoms with Crippen molar-refractivity contribution >= 4 is 12.0 Å². The fourth-order valence-electron chi connectivity index (χ4n) is 2.94. The van der Waals surface area contributed by atoms with E-state index in [4.69, 9.17) is 0 Å². The van der Waals surface area contributed by atoms with Crippen molar-refractivity contribution in [2.75, 3.05) is 13.1 Å². The number of carbonyl (C=O) groups is 2. The molecule has 21 heavy (non-hydrogen) atoms. The van der Waals surface area contributed by atoms with E-state index >= 15 is 0 Å². The molecular weight excluding hydrogens is 268 g/mol. The lowest BCUT2D eigenvalue weighted by Gasteiger charge is -2.38. The first-order valence-electron chi connectivity index (χ1n) is 7.17. The average Bonchev–Trinajstić information content (AvgIpc) is 2.53. The number of benzene rings is 1. The number of urea groups is 1. The maximum absolute atomic E-state index is 12.6. The summed E-state index contributed by atoms with van der Waals surface area (Å²) in [5.41, 5.74) is 2.06. The van der Waals surface area contributed by atoms with E-state index in [1.165, 1.54) is 4.90 Å². The van der Waals surface area contributed by atoms with Crippen LogP contribution < -0.4 is 0 Å². The normalized spacial score (nSPS) is 21.0. The molecule has 5 nitrogen and oxygen atoms in total. The Balaban J connectivity index is 1.87. The summed E-state index contributed by atoms with van der Waals surface area (Å²) in [7, 11) is 0. The van der Waals surface area contributed by atoms with Gasteiger partial charge < -0.3 is 14.9 Å². The minimum atomic E-state index is -0.939. The summed E-state index contributed by atoms with van der Waals surface area (Å²) in [4.78, 5) is 27.4. The molecule has 5 heteroatoms. The summed E-state index contributed by atoms with van der Waals surface area (Å²) < 4.78 is 0. The molecule has 0 spiro atoms. The van der Waals surface area contributed by atoms with Crippen molar-refractivity contribution in [2.24, 2.45) is 0 Å². The number of nitrogens with zero attached hydrogens (tertiary/aromatic N) is 2. The second-order valence-electron chi connectivity index (χ2n) is 5.44. The van der Waals surface area contributed by atoms with E-state index in [-0.39, 0.29) is 6.03 Å². The zero-order valence-corrected chi connectivity index (χ0v) is 11.7. The highest BCUT2D eigenvalue weighted by molar-refractivity contribution is 5.83. The van der Waals surface area contributed by atoms with Gasteiger partial charge in [0.2, 0.25) is 0 Å². The summed E-state index contributed by atoms with van der Waals surface area (Å²) in [5.74, 6) is -0.939. The second-order valence-corrected chi connectivity index (χ2v) is 5.44. The molecule has 2 aliphatic heterocycles. The smallest absolute Gasteiger partial charge is 0.326 e. The van der Waals surface area contributed by atoms with E-state index < -0.39 is 12.0 Å². The molecule has 2 aliphatic rings. The largest absolute Gasteiger partial charge is 0.480 e. The standard InChI is InChI=1S/C16H18N2O3/c19-15(20)14-10-12-6-2-3-7-13(12)11-18(14)16(21)17-8-4-1-5-9-17/h1-4,6-7,14H,5,8-11H2,(H,19,20)/t14-/m1/s1. The van der Waals surface area contributed by atoms with Gasteiger partial charge in [0, 0.05) is 26.1 Å². The summed E-state index contributed by atoms with van der Waals surface area (Å²) in [6, 6.07) is 6.77. The number of hydrogen-bond acceptors (Lipinski definition) is 2. The molecule has 0 unspecified atom stereocenters. The van der Waals surface area contributed by atoms with Crippen molar-refractivity contribution in [3.63, 3.8) is 0 Å². The highest BCUT2D eigenvalue weighted by Crippen LogP contribution is 2.25. The van der Waals surface area contributed by atoms with E-state index in [1.54, 1.807) is 4.90 Å². The third-order valence-corrected chi connectivity index (χ3v) is 4.11. The second kappa shape index (κ2) is 5.60. The number of hydrogen-bond donors (Lipinski definition) is 1. The van der Waals surface area contributed by atoms with Gasteiger partial charge in [0.15, 0.2) is 0 Å². The van der Waals surface area contributed by atoms with Crippen LogP contribution in [0, 0.1) is 0 Å². The Morgan fingerprint density at radius 1 is 1.14 bits per heavy atom. The Bertz CT molecular complexity index is 597. The van der Waals surface area contributed by atoms with Crippen LogP contribution in [0.5, 0.6) is 0 Å².